The summed E-state index contributed by atoms with van der Waals surface area (Å²) in [5, 5.41) is 35.3. The summed E-state index contributed by atoms with van der Waals surface area (Å²) in [4.78, 5) is 16.1. The van der Waals surface area contributed by atoms with E-state index in [1.807, 2.05) is 19.9 Å². The first-order valence-electron chi connectivity index (χ1n) is 8.27. The van der Waals surface area contributed by atoms with Gasteiger partial charge in [0.1, 0.15) is 5.82 Å². The molecule has 2 aromatic heterocycles. The molecule has 0 fully saturated rings. The van der Waals surface area contributed by atoms with Crippen LogP contribution < -0.4 is 5.32 Å². The first-order valence-corrected chi connectivity index (χ1v) is 8.27. The smallest absolute Gasteiger partial charge is 0.307 e. The first-order chi connectivity index (χ1) is 12.0. The van der Waals surface area contributed by atoms with Crippen LogP contribution in [0.5, 0.6) is 0 Å². The van der Waals surface area contributed by atoms with Crippen molar-refractivity contribution in [1.29, 1.82) is 0 Å². The number of rotatable bonds is 10. The molecule has 0 radical (unpaired) electrons. The zero-order chi connectivity index (χ0) is 18.2. The van der Waals surface area contributed by atoms with Crippen molar-refractivity contribution < 1.29 is 15.0 Å². The second-order valence-corrected chi connectivity index (χ2v) is 6.37. The van der Waals surface area contributed by atoms with Gasteiger partial charge >= 0.3 is 5.97 Å². The quantitative estimate of drug-likeness (QED) is 0.500. The van der Waals surface area contributed by atoms with Crippen molar-refractivity contribution in [2.24, 2.45) is 11.8 Å². The van der Waals surface area contributed by atoms with Gasteiger partial charge in [-0.3, -0.25) is 4.79 Å². The number of hydrogen-bond donors (Lipinski definition) is 4. The summed E-state index contributed by atoms with van der Waals surface area (Å²) in [6, 6.07) is 3.69. The van der Waals surface area contributed by atoms with Gasteiger partial charge in [-0.25, -0.2) is 10.1 Å². The maximum Gasteiger partial charge on any atom is 0.307 e. The second-order valence-electron chi connectivity index (χ2n) is 6.37. The number of carboxylic acids is 1. The molecule has 0 bridgehead atoms. The molecule has 0 aromatic carbocycles. The lowest BCUT2D eigenvalue weighted by Crippen LogP contribution is -2.26. The fraction of sp³-hybridized carbons (Fsp3) is 0.562. The standard InChI is InChI=1S/C16H24N6O3/c1-10(2)7-13(16(24)25)12(15-19-21-22-20-15)8-11-3-4-14(18-9-11)17-5-6-23/h3-4,9-10,12-13,23H,5-8H2,1-2H3,(H,17,18)(H,24,25)(H,19,20,21,22)/t12-,13-/m0/s1. The van der Waals surface area contributed by atoms with Gasteiger partial charge in [-0.2, -0.15) is 0 Å². The van der Waals surface area contributed by atoms with Gasteiger partial charge in [0.15, 0.2) is 5.82 Å². The number of aliphatic hydroxyl groups is 1. The van der Waals surface area contributed by atoms with Gasteiger partial charge in [-0.15, -0.1) is 5.10 Å². The monoisotopic (exact) mass is 348 g/mol. The minimum Gasteiger partial charge on any atom is -0.481 e. The van der Waals surface area contributed by atoms with Gasteiger partial charge in [0, 0.05) is 18.7 Å². The van der Waals surface area contributed by atoms with Crippen LogP contribution in [0.25, 0.3) is 0 Å². The van der Waals surface area contributed by atoms with Crippen LogP contribution in [0.1, 0.15) is 37.6 Å². The Kier molecular flexibility index (Phi) is 6.81. The van der Waals surface area contributed by atoms with E-state index in [0.29, 0.717) is 31.0 Å². The number of H-pyrrole nitrogens is 1. The van der Waals surface area contributed by atoms with Crippen molar-refractivity contribution in [3.63, 3.8) is 0 Å². The molecule has 0 saturated heterocycles. The van der Waals surface area contributed by atoms with Crippen LogP contribution in [0.15, 0.2) is 18.3 Å². The number of anilines is 1. The van der Waals surface area contributed by atoms with E-state index in [0.717, 1.165) is 5.56 Å². The molecule has 2 atom stereocenters. The molecule has 2 rings (SSSR count). The third-order valence-electron chi connectivity index (χ3n) is 3.94. The van der Waals surface area contributed by atoms with Crippen LogP contribution in [0.2, 0.25) is 0 Å². The number of aromatic nitrogens is 5. The van der Waals surface area contributed by atoms with Crippen molar-refractivity contribution in [3.8, 4) is 0 Å². The van der Waals surface area contributed by atoms with Crippen LogP contribution in [0.3, 0.4) is 0 Å². The highest BCUT2D eigenvalue weighted by molar-refractivity contribution is 5.71. The lowest BCUT2D eigenvalue weighted by atomic mass is 9.81. The van der Waals surface area contributed by atoms with Crippen LogP contribution >= 0.6 is 0 Å². The lowest BCUT2D eigenvalue weighted by Gasteiger charge is -2.23. The number of aromatic amines is 1. The van der Waals surface area contributed by atoms with E-state index in [9.17, 15) is 9.90 Å². The first kappa shape index (κ1) is 18.8. The number of carboxylic acid groups (broad SMARTS) is 1. The van der Waals surface area contributed by atoms with E-state index in [4.69, 9.17) is 5.11 Å². The lowest BCUT2D eigenvalue weighted by molar-refractivity contribution is -0.143. The second kappa shape index (κ2) is 9.07. The molecule has 0 aliphatic carbocycles. The topological polar surface area (TPSA) is 137 Å². The third-order valence-corrected chi connectivity index (χ3v) is 3.94. The van der Waals surface area contributed by atoms with Crippen LogP contribution in [0.4, 0.5) is 5.82 Å². The van der Waals surface area contributed by atoms with Gasteiger partial charge in [-0.05, 0) is 40.8 Å². The minimum atomic E-state index is -0.857. The Balaban J connectivity index is 2.20. The Hall–Kier alpha value is -2.55. The number of carbonyl (C=O) groups is 1. The summed E-state index contributed by atoms with van der Waals surface area (Å²) in [7, 11) is 0. The number of aliphatic carboxylic acids is 1. The predicted octanol–water partition coefficient (Wildman–Crippen LogP) is 1.07. The largest absolute Gasteiger partial charge is 0.481 e. The van der Waals surface area contributed by atoms with Gasteiger partial charge in [0.2, 0.25) is 0 Å². The molecule has 9 heteroatoms. The van der Waals surface area contributed by atoms with E-state index in [-0.39, 0.29) is 18.4 Å². The summed E-state index contributed by atoms with van der Waals surface area (Å²) < 4.78 is 0. The summed E-state index contributed by atoms with van der Waals surface area (Å²) in [6.07, 6.45) is 2.70. The Bertz CT molecular complexity index is 644. The van der Waals surface area contributed by atoms with Gasteiger partial charge in [0.25, 0.3) is 0 Å². The molecule has 136 valence electrons. The molecular formula is C16H24N6O3. The molecule has 25 heavy (non-hydrogen) atoms. The Morgan fingerprint density at radius 3 is 2.68 bits per heavy atom. The highest BCUT2D eigenvalue weighted by atomic mass is 16.4. The number of nitrogens with one attached hydrogen (secondary N) is 2. The molecule has 0 aliphatic rings. The van der Waals surface area contributed by atoms with Crippen molar-refractivity contribution in [2.75, 3.05) is 18.5 Å². The van der Waals surface area contributed by atoms with Gasteiger partial charge in [0.05, 0.1) is 12.5 Å². The van der Waals surface area contributed by atoms with Crippen LogP contribution in [-0.2, 0) is 11.2 Å². The number of tetrazole rings is 1. The zero-order valence-corrected chi connectivity index (χ0v) is 14.4. The molecule has 9 nitrogen and oxygen atoms in total. The minimum absolute atomic E-state index is 0.0273. The van der Waals surface area contributed by atoms with Crippen LogP contribution in [-0.4, -0.2) is 54.9 Å². The third kappa shape index (κ3) is 5.49. The highest BCUT2D eigenvalue weighted by Gasteiger charge is 2.32. The average Bonchev–Trinajstić information content (AvgIpc) is 3.11. The molecule has 0 spiro atoms. The van der Waals surface area contributed by atoms with Gasteiger partial charge in [-0.1, -0.05) is 19.9 Å². The van der Waals surface area contributed by atoms with Crippen LogP contribution in [0, 0.1) is 11.8 Å². The molecule has 0 amide bonds. The molecule has 0 saturated carbocycles. The Labute approximate surface area is 145 Å². The molecule has 0 aliphatic heterocycles. The number of hydrogen-bond acceptors (Lipinski definition) is 7. The average molecular weight is 348 g/mol. The van der Waals surface area contributed by atoms with Gasteiger partial charge < -0.3 is 15.5 Å². The number of pyridine rings is 1. The maximum absolute atomic E-state index is 11.8. The normalized spacial score (nSPS) is 13.6. The van der Waals surface area contributed by atoms with E-state index in [1.54, 1.807) is 12.3 Å². The molecule has 2 heterocycles. The maximum atomic E-state index is 11.8. The zero-order valence-electron chi connectivity index (χ0n) is 14.4. The highest BCUT2D eigenvalue weighted by Crippen LogP contribution is 2.31. The van der Waals surface area contributed by atoms with E-state index in [2.05, 4.69) is 30.9 Å². The fourth-order valence-electron chi connectivity index (χ4n) is 2.79. The van der Waals surface area contributed by atoms with E-state index in [1.165, 1.54) is 0 Å². The van der Waals surface area contributed by atoms with E-state index < -0.39 is 11.9 Å². The van der Waals surface area contributed by atoms with Crippen molar-refractivity contribution in [1.82, 2.24) is 25.6 Å². The fourth-order valence-corrected chi connectivity index (χ4v) is 2.79. The summed E-state index contributed by atoms with van der Waals surface area (Å²) in [5.41, 5.74) is 0.894. The molecule has 4 N–H and O–H groups in total. The van der Waals surface area contributed by atoms with Crippen molar-refractivity contribution in [2.45, 2.75) is 32.6 Å². The number of nitrogens with zero attached hydrogens (tertiary/aromatic N) is 4. The summed E-state index contributed by atoms with van der Waals surface area (Å²) in [5.74, 6) is -0.454. The molecule has 2 aromatic rings. The molecule has 0 unspecified atom stereocenters. The SMILES string of the molecule is CC(C)C[C@H](C(=O)O)[C@H](Cc1ccc(NCCO)nc1)c1nnn[nH]1. The Morgan fingerprint density at radius 2 is 2.16 bits per heavy atom. The predicted molar refractivity (Wildman–Crippen MR) is 91.0 cm³/mol. The molecular weight excluding hydrogens is 324 g/mol. The van der Waals surface area contributed by atoms with Crippen molar-refractivity contribution in [3.05, 3.63) is 29.7 Å². The van der Waals surface area contributed by atoms with E-state index >= 15 is 0 Å². The summed E-state index contributed by atoms with van der Waals surface area (Å²) in [6.45, 7) is 4.44. The number of aliphatic hydroxyl groups excluding tert-OH is 1. The Morgan fingerprint density at radius 1 is 1.36 bits per heavy atom. The summed E-state index contributed by atoms with van der Waals surface area (Å²) >= 11 is 0. The van der Waals surface area contributed by atoms with Crippen molar-refractivity contribution >= 4 is 11.8 Å².